The number of rotatable bonds is 9. The van der Waals surface area contributed by atoms with E-state index in [9.17, 15) is 24.0 Å². The lowest BCUT2D eigenvalue weighted by atomic mass is 10.1. The minimum Gasteiger partial charge on any atom is -0.497 e. The van der Waals surface area contributed by atoms with E-state index in [-0.39, 0.29) is 48.4 Å². The second-order valence-electron chi connectivity index (χ2n) is 8.95. The Hall–Kier alpha value is -4.87. The Morgan fingerprint density at radius 1 is 0.923 bits per heavy atom. The van der Waals surface area contributed by atoms with Gasteiger partial charge in [0.05, 0.1) is 25.6 Å². The summed E-state index contributed by atoms with van der Waals surface area (Å²) in [7, 11) is 4.42. The lowest BCUT2D eigenvalue weighted by Gasteiger charge is -2.11. The van der Waals surface area contributed by atoms with E-state index in [1.54, 1.807) is 38.3 Å². The van der Waals surface area contributed by atoms with Crippen molar-refractivity contribution in [2.45, 2.75) is 26.3 Å². The average molecular weight is 537 g/mol. The van der Waals surface area contributed by atoms with Gasteiger partial charge in [0.25, 0.3) is 5.56 Å². The molecule has 0 unspecified atom stereocenters. The number of fused-ring (bicyclic) bond motifs is 1. The summed E-state index contributed by atoms with van der Waals surface area (Å²) in [6.45, 7) is 1.66. The summed E-state index contributed by atoms with van der Waals surface area (Å²) in [6, 6.07) is 9.56. The fraction of sp³-hybridized carbons (Fsp3) is 0.296. The molecule has 12 heteroatoms. The Labute approximate surface area is 221 Å². The molecular formula is C27H28N4O8. The minimum atomic E-state index is -0.495. The molecule has 0 spiro atoms. The van der Waals surface area contributed by atoms with Crippen LogP contribution in [0.25, 0.3) is 22.5 Å². The molecule has 2 N–H and O–H groups in total. The molecule has 0 saturated heterocycles. The largest absolute Gasteiger partial charge is 0.497 e. The Morgan fingerprint density at radius 2 is 1.64 bits per heavy atom. The van der Waals surface area contributed by atoms with E-state index in [2.05, 4.69) is 10.6 Å². The summed E-state index contributed by atoms with van der Waals surface area (Å²) >= 11 is 0. The first-order chi connectivity index (χ1) is 18.6. The fourth-order valence-corrected chi connectivity index (χ4v) is 4.06. The van der Waals surface area contributed by atoms with Crippen molar-refractivity contribution in [3.63, 3.8) is 0 Å². The molecule has 0 radical (unpaired) electrons. The highest BCUT2D eigenvalue weighted by atomic mass is 16.5. The fourth-order valence-electron chi connectivity index (χ4n) is 4.06. The Balaban J connectivity index is 1.43. The summed E-state index contributed by atoms with van der Waals surface area (Å²) in [6.07, 6.45) is -0.187. The standard InChI is InChI=1S/C27H28N4O8/c1-15-11-20(32)26-25(38-15)19(24(39-26)16-5-7-18(37-4)8-6-16)13-22(34)28-10-9-21(33)29-14-17-12-23(35)31(3)27(36)30(17)2/h5-8,11-12H,9-10,13-14H2,1-4H3,(H,28,34)(H,29,33). The molecule has 39 heavy (non-hydrogen) atoms. The van der Waals surface area contributed by atoms with Crippen LogP contribution in [-0.2, 0) is 36.6 Å². The van der Waals surface area contributed by atoms with Crippen LogP contribution in [0.2, 0.25) is 0 Å². The van der Waals surface area contributed by atoms with Crippen molar-refractivity contribution in [2.75, 3.05) is 13.7 Å². The molecule has 3 aromatic heterocycles. The zero-order valence-corrected chi connectivity index (χ0v) is 22.0. The lowest BCUT2D eigenvalue weighted by Crippen LogP contribution is -2.39. The van der Waals surface area contributed by atoms with Crippen LogP contribution in [-0.4, -0.2) is 34.6 Å². The molecule has 0 aliphatic carbocycles. The zero-order chi connectivity index (χ0) is 28.3. The number of methoxy groups -OCH3 is 1. The van der Waals surface area contributed by atoms with Gasteiger partial charge in [0.1, 0.15) is 17.3 Å². The minimum absolute atomic E-state index is 0.0127. The highest BCUT2D eigenvalue weighted by molar-refractivity contribution is 5.90. The number of nitrogens with zero attached hydrogens (tertiary/aromatic N) is 2. The summed E-state index contributed by atoms with van der Waals surface area (Å²) in [5, 5.41) is 5.32. The molecule has 0 aliphatic rings. The normalized spacial score (nSPS) is 11.0. The third-order valence-corrected chi connectivity index (χ3v) is 6.24. The lowest BCUT2D eigenvalue weighted by molar-refractivity contribution is -0.122. The second kappa shape index (κ2) is 11.3. The van der Waals surface area contributed by atoms with Gasteiger partial charge in [-0.3, -0.25) is 28.3 Å². The number of furan rings is 1. The first kappa shape index (κ1) is 27.2. The highest BCUT2D eigenvalue weighted by Gasteiger charge is 2.23. The monoisotopic (exact) mass is 536 g/mol. The van der Waals surface area contributed by atoms with E-state index in [1.165, 1.54) is 30.8 Å². The van der Waals surface area contributed by atoms with Gasteiger partial charge in [0, 0.05) is 50.5 Å². The van der Waals surface area contributed by atoms with Crippen molar-refractivity contribution < 1.29 is 23.2 Å². The van der Waals surface area contributed by atoms with Crippen LogP contribution in [0, 0.1) is 6.92 Å². The van der Waals surface area contributed by atoms with Crippen molar-refractivity contribution in [3.8, 4) is 17.1 Å². The molecule has 4 rings (SSSR count). The van der Waals surface area contributed by atoms with Gasteiger partial charge in [0.2, 0.25) is 22.8 Å². The number of carbonyl (C=O) groups excluding carboxylic acids is 2. The summed E-state index contributed by atoms with van der Waals surface area (Å²) < 4.78 is 19.1. The van der Waals surface area contributed by atoms with Gasteiger partial charge in [-0.25, -0.2) is 4.79 Å². The smallest absolute Gasteiger partial charge is 0.330 e. The summed E-state index contributed by atoms with van der Waals surface area (Å²) in [5.41, 5.74) is 0.274. The molecule has 2 amide bonds. The molecule has 4 aromatic rings. The van der Waals surface area contributed by atoms with Gasteiger partial charge in [-0.2, -0.15) is 0 Å². The van der Waals surface area contributed by atoms with Crippen molar-refractivity contribution in [2.24, 2.45) is 14.1 Å². The van der Waals surface area contributed by atoms with Crippen molar-refractivity contribution in [1.82, 2.24) is 19.8 Å². The van der Waals surface area contributed by atoms with Crippen LogP contribution >= 0.6 is 0 Å². The van der Waals surface area contributed by atoms with Crippen LogP contribution in [0.4, 0.5) is 0 Å². The molecule has 0 aliphatic heterocycles. The maximum Gasteiger partial charge on any atom is 0.330 e. The quantitative estimate of drug-likeness (QED) is 0.323. The Kier molecular flexibility index (Phi) is 7.84. The van der Waals surface area contributed by atoms with Crippen LogP contribution < -0.4 is 32.0 Å². The number of nitrogens with one attached hydrogen (secondary N) is 2. The third-order valence-electron chi connectivity index (χ3n) is 6.24. The molecule has 204 valence electrons. The zero-order valence-electron chi connectivity index (χ0n) is 22.0. The molecular weight excluding hydrogens is 508 g/mol. The van der Waals surface area contributed by atoms with Crippen molar-refractivity contribution in [1.29, 1.82) is 0 Å². The molecule has 0 saturated carbocycles. The summed E-state index contributed by atoms with van der Waals surface area (Å²) in [5.74, 6) is 0.554. The highest BCUT2D eigenvalue weighted by Crippen LogP contribution is 2.34. The maximum absolute atomic E-state index is 12.8. The third kappa shape index (κ3) is 5.84. The average Bonchev–Trinajstić information content (AvgIpc) is 3.27. The van der Waals surface area contributed by atoms with E-state index in [0.717, 1.165) is 4.57 Å². The predicted octanol–water partition coefficient (Wildman–Crippen LogP) is 1.13. The number of benzene rings is 1. The topological polar surface area (TPSA) is 155 Å². The number of hydrogen-bond acceptors (Lipinski definition) is 8. The van der Waals surface area contributed by atoms with Gasteiger partial charge in [0.15, 0.2) is 5.58 Å². The first-order valence-electron chi connectivity index (χ1n) is 12.1. The van der Waals surface area contributed by atoms with E-state index in [0.29, 0.717) is 34.1 Å². The van der Waals surface area contributed by atoms with Crippen LogP contribution in [0.1, 0.15) is 23.4 Å². The van der Waals surface area contributed by atoms with E-state index in [1.807, 2.05) is 0 Å². The second-order valence-corrected chi connectivity index (χ2v) is 8.95. The van der Waals surface area contributed by atoms with Crippen LogP contribution in [0.15, 0.2) is 59.6 Å². The predicted molar refractivity (Wildman–Crippen MR) is 142 cm³/mol. The number of carbonyl (C=O) groups is 2. The van der Waals surface area contributed by atoms with Crippen LogP contribution in [0.3, 0.4) is 0 Å². The van der Waals surface area contributed by atoms with Crippen LogP contribution in [0.5, 0.6) is 5.75 Å². The molecule has 3 heterocycles. The van der Waals surface area contributed by atoms with Gasteiger partial charge in [-0.05, 0) is 31.2 Å². The van der Waals surface area contributed by atoms with Gasteiger partial charge < -0.3 is 24.2 Å². The van der Waals surface area contributed by atoms with E-state index >= 15 is 0 Å². The SMILES string of the molecule is COc1ccc(-c2oc3c(=O)cc(C)oc3c2CC(=O)NCCC(=O)NCc2cc(=O)n(C)c(=O)n2C)cc1. The molecule has 0 atom stereocenters. The van der Waals surface area contributed by atoms with E-state index < -0.39 is 17.2 Å². The summed E-state index contributed by atoms with van der Waals surface area (Å²) in [4.78, 5) is 61.5. The number of aryl methyl sites for hydroxylation is 1. The first-order valence-corrected chi connectivity index (χ1v) is 12.1. The number of ether oxygens (including phenoxy) is 1. The number of aromatic nitrogens is 2. The van der Waals surface area contributed by atoms with Crippen molar-refractivity contribution >= 4 is 23.0 Å². The molecule has 0 fully saturated rings. The molecule has 1 aromatic carbocycles. The van der Waals surface area contributed by atoms with E-state index in [4.69, 9.17) is 13.6 Å². The Bertz CT molecular complexity index is 1720. The molecule has 12 nitrogen and oxygen atoms in total. The van der Waals surface area contributed by atoms with Gasteiger partial charge in [-0.1, -0.05) is 0 Å². The number of amides is 2. The van der Waals surface area contributed by atoms with Crippen molar-refractivity contribution in [3.05, 3.63) is 84.5 Å². The van der Waals surface area contributed by atoms with Gasteiger partial charge >= 0.3 is 5.69 Å². The Morgan fingerprint density at radius 3 is 2.33 bits per heavy atom. The van der Waals surface area contributed by atoms with Gasteiger partial charge in [-0.15, -0.1) is 0 Å². The number of hydrogen-bond donors (Lipinski definition) is 2. The maximum atomic E-state index is 12.8. The molecule has 0 bridgehead atoms.